The van der Waals surface area contributed by atoms with E-state index in [1.807, 2.05) is 0 Å². The highest BCUT2D eigenvalue weighted by Crippen LogP contribution is 2.34. The molecular weight excluding hydrogens is 269 g/mol. The second-order valence-corrected chi connectivity index (χ2v) is 5.88. The SMILES string of the molecule is CCCC1(C(=O)Cc2ccc(OC)c(F)c2)CCCNC1. The van der Waals surface area contributed by atoms with Gasteiger partial charge in [0.05, 0.1) is 7.11 Å². The number of ketones is 1. The predicted molar refractivity (Wildman–Crippen MR) is 81.1 cm³/mol. The zero-order chi connectivity index (χ0) is 15.3. The molecule has 0 spiro atoms. The fourth-order valence-corrected chi connectivity index (χ4v) is 3.23. The largest absolute Gasteiger partial charge is 0.494 e. The van der Waals surface area contributed by atoms with Crippen molar-refractivity contribution in [2.24, 2.45) is 5.41 Å². The van der Waals surface area contributed by atoms with E-state index in [0.717, 1.165) is 44.3 Å². The summed E-state index contributed by atoms with van der Waals surface area (Å²) < 4.78 is 18.6. The van der Waals surface area contributed by atoms with E-state index in [9.17, 15) is 9.18 Å². The molecular formula is C17H24FNO2. The van der Waals surface area contributed by atoms with E-state index in [0.29, 0.717) is 6.42 Å². The summed E-state index contributed by atoms with van der Waals surface area (Å²) in [6, 6.07) is 4.77. The molecule has 1 aliphatic rings. The molecule has 1 aromatic rings. The first-order chi connectivity index (χ1) is 10.1. The fourth-order valence-electron chi connectivity index (χ4n) is 3.23. The molecule has 21 heavy (non-hydrogen) atoms. The molecule has 1 aromatic carbocycles. The van der Waals surface area contributed by atoms with E-state index in [1.165, 1.54) is 13.2 Å². The molecule has 1 fully saturated rings. The zero-order valence-corrected chi connectivity index (χ0v) is 12.9. The van der Waals surface area contributed by atoms with Gasteiger partial charge in [0.1, 0.15) is 5.78 Å². The van der Waals surface area contributed by atoms with E-state index < -0.39 is 5.82 Å². The van der Waals surface area contributed by atoms with Crippen molar-refractivity contribution in [2.45, 2.75) is 39.0 Å². The minimum Gasteiger partial charge on any atom is -0.494 e. The number of nitrogens with one attached hydrogen (secondary N) is 1. The lowest BCUT2D eigenvalue weighted by Crippen LogP contribution is -2.46. The molecule has 0 aliphatic carbocycles. The van der Waals surface area contributed by atoms with Gasteiger partial charge in [0, 0.05) is 18.4 Å². The number of ether oxygens (including phenoxy) is 1. The fraction of sp³-hybridized carbons (Fsp3) is 0.588. The van der Waals surface area contributed by atoms with Crippen LogP contribution in [0.15, 0.2) is 18.2 Å². The Morgan fingerprint density at radius 1 is 1.48 bits per heavy atom. The summed E-state index contributed by atoms with van der Waals surface area (Å²) >= 11 is 0. The average molecular weight is 293 g/mol. The lowest BCUT2D eigenvalue weighted by atomic mass is 9.72. The maximum absolute atomic E-state index is 13.7. The Labute approximate surface area is 125 Å². The summed E-state index contributed by atoms with van der Waals surface area (Å²) in [6.45, 7) is 3.84. The number of carbonyl (C=O) groups is 1. The second-order valence-electron chi connectivity index (χ2n) is 5.88. The number of hydrogen-bond acceptors (Lipinski definition) is 3. The van der Waals surface area contributed by atoms with E-state index in [2.05, 4.69) is 12.2 Å². The number of halogens is 1. The molecule has 0 bridgehead atoms. The van der Waals surface area contributed by atoms with Crippen LogP contribution >= 0.6 is 0 Å². The lowest BCUT2D eigenvalue weighted by Gasteiger charge is -2.36. The first kappa shape index (κ1) is 16.0. The molecule has 116 valence electrons. The van der Waals surface area contributed by atoms with Gasteiger partial charge in [-0.25, -0.2) is 4.39 Å². The smallest absolute Gasteiger partial charge is 0.165 e. The first-order valence-electron chi connectivity index (χ1n) is 7.68. The van der Waals surface area contributed by atoms with Gasteiger partial charge in [-0.2, -0.15) is 0 Å². The molecule has 3 nitrogen and oxygen atoms in total. The summed E-state index contributed by atoms with van der Waals surface area (Å²) in [5.74, 6) is 0.0315. The Balaban J connectivity index is 2.13. The molecule has 1 saturated heterocycles. The van der Waals surface area contributed by atoms with E-state index >= 15 is 0 Å². The molecule has 0 radical (unpaired) electrons. The monoisotopic (exact) mass is 293 g/mol. The average Bonchev–Trinajstić information content (AvgIpc) is 2.48. The predicted octanol–water partition coefficient (Wildman–Crippen LogP) is 3.12. The highest BCUT2D eigenvalue weighted by Gasteiger charge is 2.37. The van der Waals surface area contributed by atoms with Crippen LogP contribution in [0.2, 0.25) is 0 Å². The standard InChI is InChI=1S/C17H24FNO2/c1-3-7-17(8-4-9-19-12-17)16(20)11-13-5-6-15(21-2)14(18)10-13/h5-6,10,19H,3-4,7-9,11-12H2,1-2H3. The van der Waals surface area contributed by atoms with Crippen LogP contribution in [0.4, 0.5) is 4.39 Å². The van der Waals surface area contributed by atoms with Crippen molar-refractivity contribution in [1.82, 2.24) is 5.32 Å². The van der Waals surface area contributed by atoms with Crippen LogP contribution in [0.5, 0.6) is 5.75 Å². The topological polar surface area (TPSA) is 38.3 Å². The van der Waals surface area contributed by atoms with Crippen molar-refractivity contribution in [2.75, 3.05) is 20.2 Å². The number of hydrogen-bond donors (Lipinski definition) is 1. The van der Waals surface area contributed by atoms with Gasteiger partial charge in [0.15, 0.2) is 11.6 Å². The van der Waals surface area contributed by atoms with Gasteiger partial charge in [0.2, 0.25) is 0 Å². The third-order valence-electron chi connectivity index (χ3n) is 4.37. The molecule has 4 heteroatoms. The normalized spacial score (nSPS) is 22.0. The number of methoxy groups -OCH3 is 1. The molecule has 1 aliphatic heterocycles. The summed E-state index contributed by atoms with van der Waals surface area (Å²) in [7, 11) is 1.44. The van der Waals surface area contributed by atoms with Gasteiger partial charge in [0.25, 0.3) is 0 Å². The number of rotatable bonds is 6. The number of Topliss-reactive ketones (excluding diaryl/α,β-unsaturated/α-hetero) is 1. The van der Waals surface area contributed by atoms with Crippen molar-refractivity contribution in [3.05, 3.63) is 29.6 Å². The van der Waals surface area contributed by atoms with Gasteiger partial charge in [-0.05, 0) is 43.5 Å². The van der Waals surface area contributed by atoms with Crippen LogP contribution < -0.4 is 10.1 Å². The maximum Gasteiger partial charge on any atom is 0.165 e. The van der Waals surface area contributed by atoms with Gasteiger partial charge in [-0.3, -0.25) is 4.79 Å². The lowest BCUT2D eigenvalue weighted by molar-refractivity contribution is -0.129. The summed E-state index contributed by atoms with van der Waals surface area (Å²) in [6.07, 6.45) is 4.15. The molecule has 0 amide bonds. The van der Waals surface area contributed by atoms with Gasteiger partial charge < -0.3 is 10.1 Å². The molecule has 0 saturated carbocycles. The van der Waals surface area contributed by atoms with Crippen molar-refractivity contribution in [3.63, 3.8) is 0 Å². The van der Waals surface area contributed by atoms with Gasteiger partial charge in [-0.15, -0.1) is 0 Å². The van der Waals surface area contributed by atoms with Crippen LogP contribution in [0.1, 0.15) is 38.2 Å². The highest BCUT2D eigenvalue weighted by molar-refractivity contribution is 5.87. The number of piperidine rings is 1. The van der Waals surface area contributed by atoms with Crippen molar-refractivity contribution in [3.8, 4) is 5.75 Å². The Morgan fingerprint density at radius 2 is 2.29 bits per heavy atom. The van der Waals surface area contributed by atoms with Crippen LogP contribution in [-0.2, 0) is 11.2 Å². The van der Waals surface area contributed by atoms with Crippen molar-refractivity contribution < 1.29 is 13.9 Å². The van der Waals surface area contributed by atoms with E-state index in [4.69, 9.17) is 4.74 Å². The third-order valence-corrected chi connectivity index (χ3v) is 4.37. The molecule has 1 atom stereocenters. The Kier molecular flexibility index (Phi) is 5.34. The molecule has 1 unspecified atom stereocenters. The zero-order valence-electron chi connectivity index (χ0n) is 12.9. The molecule has 2 rings (SSSR count). The Bertz CT molecular complexity index is 490. The van der Waals surface area contributed by atoms with E-state index in [1.54, 1.807) is 12.1 Å². The summed E-state index contributed by atoms with van der Waals surface area (Å²) in [5.41, 5.74) is 0.447. The van der Waals surface area contributed by atoms with E-state index in [-0.39, 0.29) is 16.9 Å². The number of benzene rings is 1. The van der Waals surface area contributed by atoms with Crippen molar-refractivity contribution in [1.29, 1.82) is 0 Å². The van der Waals surface area contributed by atoms with Gasteiger partial charge >= 0.3 is 0 Å². The van der Waals surface area contributed by atoms with Crippen LogP contribution in [0, 0.1) is 11.2 Å². The first-order valence-corrected chi connectivity index (χ1v) is 7.68. The van der Waals surface area contributed by atoms with Crippen LogP contribution in [0.3, 0.4) is 0 Å². The Morgan fingerprint density at radius 3 is 2.86 bits per heavy atom. The second kappa shape index (κ2) is 7.03. The van der Waals surface area contributed by atoms with Crippen LogP contribution in [0.25, 0.3) is 0 Å². The summed E-state index contributed by atoms with van der Waals surface area (Å²) in [5, 5.41) is 3.34. The number of carbonyl (C=O) groups excluding carboxylic acids is 1. The Hall–Kier alpha value is -1.42. The molecule has 1 N–H and O–H groups in total. The highest BCUT2D eigenvalue weighted by atomic mass is 19.1. The van der Waals surface area contributed by atoms with Gasteiger partial charge in [-0.1, -0.05) is 19.4 Å². The van der Waals surface area contributed by atoms with Crippen molar-refractivity contribution >= 4 is 5.78 Å². The quantitative estimate of drug-likeness (QED) is 0.876. The molecule has 0 aromatic heterocycles. The van der Waals surface area contributed by atoms with Crippen LogP contribution in [-0.4, -0.2) is 26.0 Å². The minimum absolute atomic E-state index is 0.216. The minimum atomic E-state index is -0.408. The third kappa shape index (κ3) is 3.62. The maximum atomic E-state index is 13.7. The summed E-state index contributed by atoms with van der Waals surface area (Å²) in [4.78, 5) is 12.8. The molecule has 1 heterocycles.